The highest BCUT2D eigenvalue weighted by molar-refractivity contribution is 5.79. The molecule has 0 saturated carbocycles. The van der Waals surface area contributed by atoms with Crippen LogP contribution in [0.2, 0.25) is 0 Å². The van der Waals surface area contributed by atoms with Crippen LogP contribution in [0, 0.1) is 0 Å². The lowest BCUT2D eigenvalue weighted by molar-refractivity contribution is -0.276. The Labute approximate surface area is 94.2 Å². The number of rotatable bonds is 2. The van der Waals surface area contributed by atoms with Crippen molar-refractivity contribution in [2.45, 2.75) is 12.5 Å². The maximum absolute atomic E-state index is 12.4. The molecule has 1 aromatic heterocycles. The van der Waals surface area contributed by atoms with Gasteiger partial charge in [-0.1, -0.05) is 0 Å². The molecule has 0 aliphatic carbocycles. The smallest absolute Gasteiger partial charge is 0.404 e. The van der Waals surface area contributed by atoms with Gasteiger partial charge in [0.2, 0.25) is 0 Å². The van der Waals surface area contributed by atoms with Crippen LogP contribution in [0.3, 0.4) is 0 Å². The first-order valence-corrected chi connectivity index (χ1v) is 4.10. The van der Waals surface area contributed by atoms with Crippen LogP contribution < -0.4 is 10.3 Å². The normalized spacial score (nSPS) is 12.3. The molecule has 1 heterocycles. The number of aldehydes is 1. The molecule has 0 aromatic carbocycles. The number of hydrogen-bond donors (Lipinski definition) is 1. The Morgan fingerprint density at radius 3 is 2.11 bits per heavy atom. The summed E-state index contributed by atoms with van der Waals surface area (Å²) in [5.74, 6) is -1.87. The number of aromatic nitrogens is 1. The fourth-order valence-electron chi connectivity index (χ4n) is 1.10. The second-order valence-corrected chi connectivity index (χ2v) is 2.94. The molecule has 0 amide bonds. The van der Waals surface area contributed by atoms with Crippen molar-refractivity contribution in [1.82, 2.24) is 4.98 Å². The first kappa shape index (κ1) is 14.1. The molecule has 0 radical (unpaired) electrons. The van der Waals surface area contributed by atoms with Crippen LogP contribution in [-0.4, -0.2) is 17.6 Å². The van der Waals surface area contributed by atoms with Crippen LogP contribution in [0.1, 0.15) is 15.9 Å². The minimum Gasteiger partial charge on any atom is -0.404 e. The molecule has 10 heteroatoms. The fraction of sp³-hybridized carbons (Fsp3) is 0.250. The monoisotopic (exact) mass is 275 g/mol. The quantitative estimate of drug-likeness (QED) is 0.664. The molecule has 0 atom stereocenters. The third-order valence-electron chi connectivity index (χ3n) is 1.70. The number of pyridine rings is 1. The van der Waals surface area contributed by atoms with E-state index in [0.29, 0.717) is 6.20 Å². The Bertz CT molecular complexity index is 515. The molecule has 100 valence electrons. The Balaban J connectivity index is 3.57. The number of halogens is 6. The van der Waals surface area contributed by atoms with Crippen LogP contribution >= 0.6 is 0 Å². The maximum atomic E-state index is 12.4. The van der Waals surface area contributed by atoms with Crippen LogP contribution in [0.15, 0.2) is 11.0 Å². The summed E-state index contributed by atoms with van der Waals surface area (Å²) in [6.07, 6.45) is -10.8. The van der Waals surface area contributed by atoms with E-state index >= 15 is 0 Å². The zero-order chi connectivity index (χ0) is 14.1. The first-order valence-electron chi connectivity index (χ1n) is 4.10. The van der Waals surface area contributed by atoms with E-state index in [4.69, 9.17) is 0 Å². The summed E-state index contributed by atoms with van der Waals surface area (Å²) in [6.45, 7) is 0. The second kappa shape index (κ2) is 4.35. The number of carbonyl (C=O) groups excluding carboxylic acids is 1. The number of aromatic amines is 1. The van der Waals surface area contributed by atoms with E-state index in [0.717, 1.165) is 0 Å². The summed E-state index contributed by atoms with van der Waals surface area (Å²) in [5, 5.41) is 0. The number of carbonyl (C=O) groups is 1. The van der Waals surface area contributed by atoms with Gasteiger partial charge in [-0.3, -0.25) is 9.59 Å². The fourth-order valence-corrected chi connectivity index (χ4v) is 1.10. The van der Waals surface area contributed by atoms with Gasteiger partial charge in [-0.05, 0) is 0 Å². The molecule has 0 unspecified atom stereocenters. The average molecular weight is 275 g/mol. The molecular weight excluding hydrogens is 272 g/mol. The molecule has 0 bridgehead atoms. The number of hydrogen-bond acceptors (Lipinski definition) is 3. The molecule has 4 nitrogen and oxygen atoms in total. The summed E-state index contributed by atoms with van der Waals surface area (Å²) < 4.78 is 76.2. The van der Waals surface area contributed by atoms with Gasteiger partial charge >= 0.3 is 12.5 Å². The first-order chi connectivity index (χ1) is 8.06. The van der Waals surface area contributed by atoms with E-state index in [-0.39, 0.29) is 6.29 Å². The van der Waals surface area contributed by atoms with Gasteiger partial charge < -0.3 is 9.72 Å². The lowest BCUT2D eigenvalue weighted by atomic mass is 10.1. The zero-order valence-corrected chi connectivity index (χ0v) is 8.15. The summed E-state index contributed by atoms with van der Waals surface area (Å²) in [6, 6.07) is 0. The highest BCUT2D eigenvalue weighted by Gasteiger charge is 2.43. The molecule has 18 heavy (non-hydrogen) atoms. The van der Waals surface area contributed by atoms with E-state index in [2.05, 4.69) is 4.74 Å². The Kier molecular flexibility index (Phi) is 3.40. The third kappa shape index (κ3) is 3.02. The van der Waals surface area contributed by atoms with Crippen LogP contribution in [0.5, 0.6) is 5.75 Å². The number of alkyl halides is 6. The van der Waals surface area contributed by atoms with Crippen molar-refractivity contribution in [1.29, 1.82) is 0 Å². The van der Waals surface area contributed by atoms with Gasteiger partial charge in [0, 0.05) is 6.20 Å². The minimum atomic E-state index is -5.47. The van der Waals surface area contributed by atoms with Crippen LogP contribution in [0.4, 0.5) is 26.3 Å². The zero-order valence-electron chi connectivity index (χ0n) is 8.15. The lowest BCUT2D eigenvalue weighted by Gasteiger charge is -2.15. The van der Waals surface area contributed by atoms with E-state index in [1.807, 2.05) is 0 Å². The van der Waals surface area contributed by atoms with Gasteiger partial charge in [0.05, 0.1) is 5.56 Å². The van der Waals surface area contributed by atoms with Crippen molar-refractivity contribution in [3.63, 3.8) is 0 Å². The van der Waals surface area contributed by atoms with E-state index in [9.17, 15) is 35.9 Å². The van der Waals surface area contributed by atoms with E-state index in [1.165, 1.54) is 4.98 Å². The highest BCUT2D eigenvalue weighted by atomic mass is 19.4. The second-order valence-electron chi connectivity index (χ2n) is 2.94. The highest BCUT2D eigenvalue weighted by Crippen LogP contribution is 2.37. The SMILES string of the molecule is O=Cc1c[nH]c(=O)c(C(F)(F)F)c1OC(F)(F)F. The Morgan fingerprint density at radius 1 is 1.17 bits per heavy atom. The molecule has 1 aromatic rings. The van der Waals surface area contributed by atoms with Crippen molar-refractivity contribution >= 4 is 6.29 Å². The standard InChI is InChI=1S/C8H3F6NO3/c9-7(10,11)4-5(18-8(12,13)14)3(2-16)1-15-6(4)17/h1-2H,(H,15,17). The molecule has 0 fully saturated rings. The van der Waals surface area contributed by atoms with E-state index < -0.39 is 35.0 Å². The molecule has 1 N–H and O–H groups in total. The van der Waals surface area contributed by atoms with Gasteiger partial charge in [0.15, 0.2) is 17.6 Å². The van der Waals surface area contributed by atoms with Crippen molar-refractivity contribution in [3.8, 4) is 5.75 Å². The summed E-state index contributed by atoms with van der Waals surface area (Å²) in [7, 11) is 0. The summed E-state index contributed by atoms with van der Waals surface area (Å²) in [4.78, 5) is 22.8. The van der Waals surface area contributed by atoms with Gasteiger partial charge in [0.25, 0.3) is 5.56 Å². The third-order valence-corrected chi connectivity index (χ3v) is 1.70. The molecule has 1 rings (SSSR count). The predicted molar refractivity (Wildman–Crippen MR) is 44.1 cm³/mol. The number of ether oxygens (including phenoxy) is 1. The average Bonchev–Trinajstić information content (AvgIpc) is 2.13. The van der Waals surface area contributed by atoms with Crippen molar-refractivity contribution in [2.24, 2.45) is 0 Å². The Morgan fingerprint density at radius 2 is 1.72 bits per heavy atom. The summed E-state index contributed by atoms with van der Waals surface area (Å²) in [5.41, 5.74) is -5.13. The predicted octanol–water partition coefficient (Wildman–Crippen LogP) is 2.10. The van der Waals surface area contributed by atoms with Crippen LogP contribution in [-0.2, 0) is 6.18 Å². The maximum Gasteiger partial charge on any atom is 0.573 e. The van der Waals surface area contributed by atoms with E-state index in [1.54, 1.807) is 0 Å². The molecule has 0 aliphatic rings. The number of nitrogens with one attached hydrogen (secondary N) is 1. The van der Waals surface area contributed by atoms with Crippen molar-refractivity contribution in [2.75, 3.05) is 0 Å². The topological polar surface area (TPSA) is 59.2 Å². The largest absolute Gasteiger partial charge is 0.573 e. The van der Waals surface area contributed by atoms with Gasteiger partial charge in [0.1, 0.15) is 0 Å². The van der Waals surface area contributed by atoms with Gasteiger partial charge in [-0.2, -0.15) is 13.2 Å². The molecule has 0 spiro atoms. The van der Waals surface area contributed by atoms with Crippen molar-refractivity contribution in [3.05, 3.63) is 27.7 Å². The lowest BCUT2D eigenvalue weighted by Crippen LogP contribution is -2.27. The molecule has 0 saturated heterocycles. The van der Waals surface area contributed by atoms with Crippen molar-refractivity contribution < 1.29 is 35.9 Å². The van der Waals surface area contributed by atoms with Gasteiger partial charge in [-0.15, -0.1) is 13.2 Å². The minimum absolute atomic E-state index is 0.299. The van der Waals surface area contributed by atoms with Crippen LogP contribution in [0.25, 0.3) is 0 Å². The summed E-state index contributed by atoms with van der Waals surface area (Å²) >= 11 is 0. The molecule has 0 aliphatic heterocycles. The molecular formula is C8H3F6NO3. The van der Waals surface area contributed by atoms with Gasteiger partial charge in [-0.25, -0.2) is 0 Å². The Hall–Kier alpha value is -2.00. The number of H-pyrrole nitrogens is 1.